The molecule has 4 aromatic carbocycles. The molecule has 58 heavy (non-hydrogen) atoms. The molecule has 4 heterocycles. The summed E-state index contributed by atoms with van der Waals surface area (Å²) >= 11 is 0. The number of halogens is 3. The number of hydrogen-bond acceptors (Lipinski definition) is 7. The molecule has 1 radical (unpaired) electrons. The van der Waals surface area contributed by atoms with Crippen LogP contribution in [-0.2, 0) is 26.3 Å². The molecule has 16 heteroatoms. The molecule has 0 amide bonds. The molecular formula is C42H34F3IrN8O4-3. The van der Waals surface area contributed by atoms with Gasteiger partial charge < -0.3 is 38.2 Å². The van der Waals surface area contributed by atoms with Gasteiger partial charge in [0.15, 0.2) is 0 Å². The van der Waals surface area contributed by atoms with Gasteiger partial charge in [-0.3, -0.25) is 19.2 Å². The van der Waals surface area contributed by atoms with Crippen LogP contribution < -0.4 is 33.2 Å². The number of nitrogens with zero attached hydrogens (tertiary/aromatic N) is 8. The van der Waals surface area contributed by atoms with Crippen molar-refractivity contribution in [1.29, 1.82) is 0 Å². The van der Waals surface area contributed by atoms with Crippen LogP contribution in [0.15, 0.2) is 134 Å². The summed E-state index contributed by atoms with van der Waals surface area (Å²) in [4.78, 5) is 7.05. The third-order valence-corrected chi connectivity index (χ3v) is 7.93. The second kappa shape index (κ2) is 19.9. The predicted octanol–water partition coefficient (Wildman–Crippen LogP) is 6.26. The zero-order valence-electron chi connectivity index (χ0n) is 31.4. The maximum atomic E-state index is 12.1. The fourth-order valence-electron chi connectivity index (χ4n) is 5.07. The molecule has 0 aliphatic rings. The van der Waals surface area contributed by atoms with Crippen molar-refractivity contribution in [3.05, 3.63) is 165 Å². The van der Waals surface area contributed by atoms with Crippen LogP contribution >= 0.6 is 0 Å². The third kappa shape index (κ3) is 11.0. The number of imidazole rings is 2. The molecule has 0 N–H and O–H groups in total. The SMILES string of the molecule is COc1cc[c-]c(-n2[c-][n+](-c3cccc(OC)c3)cc2)c1.COc1cc[c-]c(-n2[c-][n+](-c3cccc(OC)c3)cc2)c1.FC(F)(F)c1n[n-]c(-c2ccccn2)n1.[Ir]. The second-order valence-corrected chi connectivity index (χ2v) is 11.6. The maximum absolute atomic E-state index is 12.1. The number of rotatable bonds is 9. The van der Waals surface area contributed by atoms with Crippen molar-refractivity contribution in [3.63, 3.8) is 0 Å². The van der Waals surface area contributed by atoms with Crippen molar-refractivity contribution in [2.24, 2.45) is 0 Å². The van der Waals surface area contributed by atoms with Crippen molar-refractivity contribution < 1.29 is 61.4 Å². The summed E-state index contributed by atoms with van der Waals surface area (Å²) in [5.74, 6) is 1.84. The molecule has 0 aliphatic heterocycles. The Kier molecular flexibility index (Phi) is 14.5. The van der Waals surface area contributed by atoms with Gasteiger partial charge in [-0.25, -0.2) is 0 Å². The summed E-state index contributed by atoms with van der Waals surface area (Å²) < 4.78 is 64.9. The van der Waals surface area contributed by atoms with E-state index in [0.29, 0.717) is 0 Å². The Morgan fingerprint density at radius 2 is 1.14 bits per heavy atom. The van der Waals surface area contributed by atoms with Crippen LogP contribution in [0.3, 0.4) is 0 Å². The van der Waals surface area contributed by atoms with Gasteiger partial charge in [-0.15, -0.1) is 24.3 Å². The Morgan fingerprint density at radius 3 is 1.57 bits per heavy atom. The van der Waals surface area contributed by atoms with E-state index >= 15 is 0 Å². The van der Waals surface area contributed by atoms with E-state index < -0.39 is 12.0 Å². The van der Waals surface area contributed by atoms with Gasteiger partial charge in [0.1, 0.15) is 17.3 Å². The Bertz CT molecular complexity index is 2250. The van der Waals surface area contributed by atoms with E-state index in [0.717, 1.165) is 45.7 Å². The van der Waals surface area contributed by atoms with Crippen molar-refractivity contribution >= 4 is 0 Å². The number of benzene rings is 4. The van der Waals surface area contributed by atoms with E-state index in [1.54, 1.807) is 40.6 Å². The fourth-order valence-corrected chi connectivity index (χ4v) is 5.07. The first-order chi connectivity index (χ1) is 27.7. The molecule has 0 aliphatic carbocycles. The van der Waals surface area contributed by atoms with Crippen molar-refractivity contribution in [2.75, 3.05) is 28.4 Å². The van der Waals surface area contributed by atoms with Gasteiger partial charge in [0.25, 0.3) is 12.7 Å². The molecule has 0 unspecified atom stereocenters. The summed E-state index contributed by atoms with van der Waals surface area (Å²) in [6.07, 6.45) is 11.1. The summed E-state index contributed by atoms with van der Waals surface area (Å²) in [5.41, 5.74) is 3.97. The quantitative estimate of drug-likeness (QED) is 0.124. The minimum atomic E-state index is -4.57. The Morgan fingerprint density at radius 1 is 0.638 bits per heavy atom. The van der Waals surface area contributed by atoms with Crippen LogP contribution in [0.1, 0.15) is 5.82 Å². The number of pyridine rings is 1. The van der Waals surface area contributed by atoms with Crippen molar-refractivity contribution in [2.45, 2.75) is 6.18 Å². The second-order valence-electron chi connectivity index (χ2n) is 11.6. The molecule has 4 aromatic heterocycles. The number of hydrogen-bond donors (Lipinski definition) is 0. The molecule has 0 atom stereocenters. The van der Waals surface area contributed by atoms with Gasteiger partial charge in [0.05, 0.1) is 45.5 Å². The molecule has 0 saturated carbocycles. The smallest absolute Gasteiger partial charge is 0.429 e. The van der Waals surface area contributed by atoms with Crippen LogP contribution in [-0.4, -0.2) is 52.6 Å². The number of alkyl halides is 3. The first-order valence-corrected chi connectivity index (χ1v) is 17.0. The van der Waals surface area contributed by atoms with Crippen LogP contribution in [0.5, 0.6) is 23.0 Å². The molecule has 0 saturated heterocycles. The summed E-state index contributed by atoms with van der Waals surface area (Å²) in [7, 11) is 6.61. The molecule has 299 valence electrons. The average Bonchev–Trinajstić information content (AvgIpc) is 4.07. The first-order valence-electron chi connectivity index (χ1n) is 17.0. The van der Waals surface area contributed by atoms with Gasteiger partial charge in [0, 0.05) is 62.6 Å². The number of aromatic nitrogens is 8. The van der Waals surface area contributed by atoms with Crippen molar-refractivity contribution in [1.82, 2.24) is 29.3 Å². The van der Waals surface area contributed by atoms with Gasteiger partial charge >= 0.3 is 6.18 Å². The zero-order valence-corrected chi connectivity index (χ0v) is 33.8. The first kappa shape index (κ1) is 42.4. The molecule has 0 bridgehead atoms. The van der Waals surface area contributed by atoms with E-state index in [1.807, 2.05) is 128 Å². The fraction of sp³-hybridized carbons (Fsp3) is 0.119. The Hall–Kier alpha value is -6.77. The normalized spacial score (nSPS) is 10.5. The van der Waals surface area contributed by atoms with E-state index in [4.69, 9.17) is 18.9 Å². The minimum Gasteiger partial charge on any atom is -0.523 e. The molecule has 0 spiro atoms. The van der Waals surface area contributed by atoms with Gasteiger partial charge in [-0.1, -0.05) is 18.2 Å². The Balaban J connectivity index is 0.000000167. The van der Waals surface area contributed by atoms with E-state index in [1.165, 1.54) is 12.3 Å². The van der Waals surface area contributed by atoms with E-state index in [2.05, 4.69) is 45.0 Å². The van der Waals surface area contributed by atoms with Gasteiger partial charge in [0.2, 0.25) is 0 Å². The maximum Gasteiger partial charge on any atom is 0.429 e. The van der Waals surface area contributed by atoms with Gasteiger partial charge in [-0.2, -0.15) is 37.4 Å². The van der Waals surface area contributed by atoms with Crippen molar-refractivity contribution in [3.8, 4) is 57.3 Å². The minimum absolute atomic E-state index is 0. The Labute approximate surface area is 346 Å². The van der Waals surface area contributed by atoms with E-state index in [9.17, 15) is 13.2 Å². The summed E-state index contributed by atoms with van der Waals surface area (Å²) in [5, 5.41) is 6.25. The molecule has 8 rings (SSSR count). The standard InChI is InChI=1S/2C17H15N2O2.C8H4F3N4.Ir/c2*1-20-16-7-3-5-14(11-16)18-9-10-19(13-18)15-6-4-8-17(12-15)21-2;9-8(10,11)7-13-6(14-15-7)5-3-1-2-4-12-5;/h2*3-5,7-12H,1-2H3;1-4H;/q3*-1;. The predicted molar refractivity (Wildman–Crippen MR) is 200 cm³/mol. The molecule has 8 aromatic rings. The largest absolute Gasteiger partial charge is 0.523 e. The molecule has 0 fully saturated rings. The van der Waals surface area contributed by atoms with Crippen LogP contribution in [0, 0.1) is 24.8 Å². The topological polar surface area (TPSA) is 107 Å². The number of ether oxygens (including phenoxy) is 4. The third-order valence-electron chi connectivity index (χ3n) is 7.93. The average molecular weight is 964 g/mol. The molecular weight excluding hydrogens is 930 g/mol. The summed E-state index contributed by atoms with van der Waals surface area (Å²) in [6.45, 7) is 0. The summed E-state index contributed by atoms with van der Waals surface area (Å²) in [6, 6.07) is 37.9. The van der Waals surface area contributed by atoms with Crippen LogP contribution in [0.2, 0.25) is 0 Å². The number of methoxy groups -OCH3 is 4. The van der Waals surface area contributed by atoms with Crippen LogP contribution in [0.25, 0.3) is 34.3 Å². The zero-order chi connectivity index (χ0) is 40.2. The van der Waals surface area contributed by atoms with Gasteiger partial charge in [-0.05, 0) is 65.7 Å². The monoisotopic (exact) mass is 964 g/mol. The van der Waals surface area contributed by atoms with Crippen LogP contribution in [0.4, 0.5) is 13.2 Å². The van der Waals surface area contributed by atoms with E-state index in [-0.39, 0.29) is 31.6 Å². The molecule has 12 nitrogen and oxygen atoms in total.